The molecule has 0 aliphatic heterocycles. The molecule has 1 amide bonds. The van der Waals surface area contributed by atoms with Crippen LogP contribution in [0.3, 0.4) is 0 Å². The monoisotopic (exact) mass is 369 g/mol. The third-order valence-electron chi connectivity index (χ3n) is 4.57. The molecule has 5 heteroatoms. The quantitative estimate of drug-likeness (QED) is 0.783. The van der Waals surface area contributed by atoms with Gasteiger partial charge in [-0.2, -0.15) is 5.26 Å². The molecule has 0 unspecified atom stereocenters. The number of likely N-dealkylation sites (N-methyl/N-ethyl adjacent to an activating group) is 1. The van der Waals surface area contributed by atoms with Crippen LogP contribution in [0.5, 0.6) is 0 Å². The van der Waals surface area contributed by atoms with Crippen molar-refractivity contribution >= 4 is 17.5 Å². The number of halogens is 1. The molecule has 136 valence electrons. The molecule has 4 nitrogen and oxygen atoms in total. The maximum absolute atomic E-state index is 12.5. The lowest BCUT2D eigenvalue weighted by Gasteiger charge is -2.28. The van der Waals surface area contributed by atoms with Crippen molar-refractivity contribution in [2.45, 2.75) is 32.9 Å². The highest BCUT2D eigenvalue weighted by molar-refractivity contribution is 6.31. The van der Waals surface area contributed by atoms with Gasteiger partial charge in [-0.05, 0) is 49.7 Å². The number of nitrogens with one attached hydrogen (secondary N) is 1. The van der Waals surface area contributed by atoms with Gasteiger partial charge in [0, 0.05) is 11.1 Å². The Bertz CT molecular complexity index is 783. The van der Waals surface area contributed by atoms with Crippen molar-refractivity contribution in [3.63, 3.8) is 0 Å². The van der Waals surface area contributed by atoms with Gasteiger partial charge >= 0.3 is 0 Å². The molecule has 2 aromatic rings. The van der Waals surface area contributed by atoms with Crippen LogP contribution >= 0.6 is 11.6 Å². The second-order valence-corrected chi connectivity index (χ2v) is 6.69. The number of nitriles is 1. The molecule has 26 heavy (non-hydrogen) atoms. The summed E-state index contributed by atoms with van der Waals surface area (Å²) in [6.45, 7) is 7.07. The molecule has 0 aromatic heterocycles. The number of carbonyl (C=O) groups is 1. The normalized spacial score (nSPS) is 13.1. The number of amides is 1. The number of nitrogens with zero attached hydrogens (tertiary/aromatic N) is 2. The second kappa shape index (κ2) is 9.38. The molecule has 2 rings (SSSR count). The van der Waals surface area contributed by atoms with E-state index in [0.29, 0.717) is 17.1 Å². The third-order valence-corrected chi connectivity index (χ3v) is 4.92. The fraction of sp³-hybridized carbons (Fsp3) is 0.333. The molecule has 0 saturated carbocycles. The molecule has 0 radical (unpaired) electrons. The summed E-state index contributed by atoms with van der Waals surface area (Å²) < 4.78 is 0. The zero-order valence-corrected chi connectivity index (χ0v) is 16.1. The first kappa shape index (κ1) is 20.0. The molecule has 0 heterocycles. The summed E-state index contributed by atoms with van der Waals surface area (Å²) in [7, 11) is 0. The summed E-state index contributed by atoms with van der Waals surface area (Å²) in [6, 6.07) is 17.1. The van der Waals surface area contributed by atoms with Gasteiger partial charge in [-0.25, -0.2) is 0 Å². The van der Waals surface area contributed by atoms with Gasteiger partial charge < -0.3 is 5.32 Å². The van der Waals surface area contributed by atoms with Gasteiger partial charge in [-0.15, -0.1) is 0 Å². The van der Waals surface area contributed by atoms with E-state index in [9.17, 15) is 4.79 Å². The SMILES string of the molecule is CCN(CC(=O)N[C@H](C)c1ccccc1Cl)[C@H](C)c1ccc(C#N)cc1. The molecule has 0 bridgehead atoms. The van der Waals surface area contributed by atoms with Crippen molar-refractivity contribution in [3.05, 3.63) is 70.2 Å². The number of carbonyl (C=O) groups excluding carboxylic acids is 1. The highest BCUT2D eigenvalue weighted by Crippen LogP contribution is 2.23. The molecule has 2 aromatic carbocycles. The van der Waals surface area contributed by atoms with Crippen LogP contribution in [0.4, 0.5) is 0 Å². The lowest BCUT2D eigenvalue weighted by molar-refractivity contribution is -0.123. The van der Waals surface area contributed by atoms with Crippen LogP contribution in [0.1, 0.15) is 49.5 Å². The first-order valence-electron chi connectivity index (χ1n) is 8.74. The van der Waals surface area contributed by atoms with E-state index in [2.05, 4.69) is 23.2 Å². The van der Waals surface area contributed by atoms with E-state index in [-0.39, 0.29) is 18.0 Å². The molecule has 0 spiro atoms. The van der Waals surface area contributed by atoms with Crippen LogP contribution in [0.15, 0.2) is 48.5 Å². The molecule has 1 N–H and O–H groups in total. The predicted molar refractivity (Wildman–Crippen MR) is 105 cm³/mol. The Kier molecular flexibility index (Phi) is 7.20. The van der Waals surface area contributed by atoms with Gasteiger partial charge in [0.1, 0.15) is 0 Å². The molecular weight excluding hydrogens is 346 g/mol. The summed E-state index contributed by atoms with van der Waals surface area (Å²) in [5.41, 5.74) is 2.62. The molecule has 0 aliphatic rings. The molecule has 0 fully saturated rings. The van der Waals surface area contributed by atoms with Crippen LogP contribution in [0, 0.1) is 11.3 Å². The summed E-state index contributed by atoms with van der Waals surface area (Å²) in [4.78, 5) is 14.6. The van der Waals surface area contributed by atoms with Gasteiger partial charge in [0.2, 0.25) is 5.91 Å². The Balaban J connectivity index is 2.00. The predicted octanol–water partition coefficient (Wildman–Crippen LogP) is 4.47. The standard InChI is InChI=1S/C21H24ClN3O/c1-4-25(16(3)18-11-9-17(13-23)10-12-18)14-21(26)24-15(2)19-7-5-6-8-20(19)22/h5-12,15-16H,4,14H2,1-3H3,(H,24,26)/t15-,16-/m1/s1. The maximum Gasteiger partial charge on any atom is 0.234 e. The van der Waals surface area contributed by atoms with Crippen LogP contribution in [-0.4, -0.2) is 23.9 Å². The zero-order chi connectivity index (χ0) is 19.1. The van der Waals surface area contributed by atoms with Crippen LogP contribution in [0.25, 0.3) is 0 Å². The van der Waals surface area contributed by atoms with Crippen LogP contribution < -0.4 is 5.32 Å². The van der Waals surface area contributed by atoms with E-state index in [1.54, 1.807) is 12.1 Å². The zero-order valence-electron chi connectivity index (χ0n) is 15.4. The van der Waals surface area contributed by atoms with Crippen molar-refractivity contribution in [2.24, 2.45) is 0 Å². The topological polar surface area (TPSA) is 56.1 Å². The largest absolute Gasteiger partial charge is 0.348 e. The number of rotatable bonds is 7. The first-order valence-corrected chi connectivity index (χ1v) is 9.12. The highest BCUT2D eigenvalue weighted by atomic mass is 35.5. The minimum absolute atomic E-state index is 0.0419. The van der Waals surface area contributed by atoms with Gasteiger partial charge in [0.25, 0.3) is 0 Å². The molecule has 0 saturated heterocycles. The van der Waals surface area contributed by atoms with Crippen molar-refractivity contribution in [3.8, 4) is 6.07 Å². The number of hydrogen-bond donors (Lipinski definition) is 1. The van der Waals surface area contributed by atoms with E-state index in [1.807, 2.05) is 50.2 Å². The second-order valence-electron chi connectivity index (χ2n) is 6.28. The summed E-state index contributed by atoms with van der Waals surface area (Å²) >= 11 is 6.21. The Labute approximate surface area is 160 Å². The Morgan fingerprint density at radius 1 is 1.19 bits per heavy atom. The average molecular weight is 370 g/mol. The summed E-state index contributed by atoms with van der Waals surface area (Å²) in [5, 5.41) is 12.6. The van der Waals surface area contributed by atoms with Crippen molar-refractivity contribution in [1.29, 1.82) is 5.26 Å². The first-order chi connectivity index (χ1) is 12.5. The van der Waals surface area contributed by atoms with E-state index in [0.717, 1.165) is 17.7 Å². The van der Waals surface area contributed by atoms with E-state index < -0.39 is 0 Å². The van der Waals surface area contributed by atoms with E-state index in [4.69, 9.17) is 16.9 Å². The van der Waals surface area contributed by atoms with Gasteiger partial charge in [-0.1, -0.05) is 48.9 Å². The molecule has 2 atom stereocenters. The van der Waals surface area contributed by atoms with Gasteiger partial charge in [-0.3, -0.25) is 9.69 Å². The van der Waals surface area contributed by atoms with Crippen molar-refractivity contribution in [1.82, 2.24) is 10.2 Å². The molecule has 0 aliphatic carbocycles. The molecular formula is C21H24ClN3O. The Morgan fingerprint density at radius 2 is 1.85 bits per heavy atom. The smallest absolute Gasteiger partial charge is 0.234 e. The van der Waals surface area contributed by atoms with Crippen LogP contribution in [0.2, 0.25) is 5.02 Å². The highest BCUT2D eigenvalue weighted by Gasteiger charge is 2.19. The average Bonchev–Trinajstić information content (AvgIpc) is 2.65. The third kappa shape index (κ3) is 5.08. The minimum atomic E-state index is -0.153. The van der Waals surface area contributed by atoms with E-state index >= 15 is 0 Å². The fourth-order valence-corrected chi connectivity index (χ4v) is 3.24. The van der Waals surface area contributed by atoms with Crippen molar-refractivity contribution < 1.29 is 4.79 Å². The van der Waals surface area contributed by atoms with Gasteiger partial charge in [0.15, 0.2) is 0 Å². The Hall–Kier alpha value is -2.35. The lowest BCUT2D eigenvalue weighted by atomic mass is 10.0. The number of benzene rings is 2. The fourth-order valence-electron chi connectivity index (χ4n) is 2.95. The maximum atomic E-state index is 12.5. The van der Waals surface area contributed by atoms with Crippen LogP contribution in [-0.2, 0) is 4.79 Å². The summed E-state index contributed by atoms with van der Waals surface area (Å²) in [5.74, 6) is -0.0419. The van der Waals surface area contributed by atoms with Crippen molar-refractivity contribution in [2.75, 3.05) is 13.1 Å². The minimum Gasteiger partial charge on any atom is -0.348 e. The Morgan fingerprint density at radius 3 is 2.42 bits per heavy atom. The van der Waals surface area contributed by atoms with E-state index in [1.165, 1.54) is 0 Å². The summed E-state index contributed by atoms with van der Waals surface area (Å²) in [6.07, 6.45) is 0. The number of hydrogen-bond acceptors (Lipinski definition) is 3. The lowest BCUT2D eigenvalue weighted by Crippen LogP contribution is -2.39. The van der Waals surface area contributed by atoms with Gasteiger partial charge in [0.05, 0.1) is 24.2 Å².